The number of hydrogen-bond donors (Lipinski definition) is 0. The standard InChI is InChI=1S/C12H10/c1-2-10-4-3-9(1)11-5-7-12(10,11)8-6-11/h1-10H. The highest BCUT2D eigenvalue weighted by Gasteiger charge is 2.64. The molecule has 2 bridgehead atoms. The lowest BCUT2D eigenvalue weighted by atomic mass is 9.36. The van der Waals surface area contributed by atoms with Crippen LogP contribution in [0, 0.1) is 22.7 Å². The molecule has 0 atom stereocenters. The van der Waals surface area contributed by atoms with Crippen molar-refractivity contribution in [1.82, 2.24) is 0 Å². The Morgan fingerprint density at radius 1 is 0.583 bits per heavy atom. The van der Waals surface area contributed by atoms with Crippen molar-refractivity contribution in [3.63, 3.8) is 0 Å². The Labute approximate surface area is 72.0 Å². The minimum atomic E-state index is 0.418. The molecular weight excluding hydrogens is 144 g/mol. The molecular formula is C12H10. The molecule has 0 aromatic carbocycles. The number of rotatable bonds is 0. The van der Waals surface area contributed by atoms with Crippen LogP contribution < -0.4 is 0 Å². The van der Waals surface area contributed by atoms with E-state index in [9.17, 15) is 0 Å². The first-order valence-electron chi connectivity index (χ1n) is 4.65. The first-order valence-corrected chi connectivity index (χ1v) is 4.65. The quantitative estimate of drug-likeness (QED) is 0.470. The van der Waals surface area contributed by atoms with Crippen LogP contribution in [0.25, 0.3) is 0 Å². The predicted octanol–water partition coefficient (Wildman–Crippen LogP) is 2.47. The molecule has 0 saturated heterocycles. The third-order valence-corrected chi connectivity index (χ3v) is 4.17. The second-order valence-corrected chi connectivity index (χ2v) is 4.35. The maximum Gasteiger partial charge on any atom is 0.0294 e. The van der Waals surface area contributed by atoms with Crippen LogP contribution in [-0.2, 0) is 0 Å². The Kier molecular flexibility index (Phi) is 0.597. The average molecular weight is 154 g/mol. The monoisotopic (exact) mass is 154 g/mol. The highest BCUT2D eigenvalue weighted by atomic mass is 14.7. The normalized spacial score (nSPS) is 60.7. The van der Waals surface area contributed by atoms with Gasteiger partial charge in [-0.25, -0.2) is 0 Å². The largest absolute Gasteiger partial charge is 0.0798 e. The summed E-state index contributed by atoms with van der Waals surface area (Å²) >= 11 is 0. The molecule has 58 valence electrons. The van der Waals surface area contributed by atoms with Gasteiger partial charge in [-0.1, -0.05) is 48.6 Å². The molecule has 0 saturated carbocycles. The van der Waals surface area contributed by atoms with Gasteiger partial charge in [0.15, 0.2) is 0 Å². The summed E-state index contributed by atoms with van der Waals surface area (Å²) in [7, 11) is 0. The van der Waals surface area contributed by atoms with Gasteiger partial charge < -0.3 is 0 Å². The van der Waals surface area contributed by atoms with E-state index in [1.54, 1.807) is 0 Å². The molecule has 0 amide bonds. The molecule has 12 heavy (non-hydrogen) atoms. The van der Waals surface area contributed by atoms with E-state index >= 15 is 0 Å². The molecule has 5 aliphatic carbocycles. The highest BCUT2D eigenvalue weighted by Crippen LogP contribution is 2.71. The summed E-state index contributed by atoms with van der Waals surface area (Å²) in [6, 6.07) is 0. The van der Waals surface area contributed by atoms with Crippen molar-refractivity contribution in [3.05, 3.63) is 48.6 Å². The molecule has 0 unspecified atom stereocenters. The van der Waals surface area contributed by atoms with Crippen LogP contribution in [0.15, 0.2) is 48.6 Å². The second kappa shape index (κ2) is 1.28. The maximum atomic E-state index is 2.39. The first-order chi connectivity index (χ1) is 5.87. The molecule has 0 aromatic rings. The molecule has 0 aromatic heterocycles. The van der Waals surface area contributed by atoms with Crippen molar-refractivity contribution < 1.29 is 0 Å². The first kappa shape index (κ1) is 5.58. The summed E-state index contributed by atoms with van der Waals surface area (Å²) in [4.78, 5) is 0. The summed E-state index contributed by atoms with van der Waals surface area (Å²) in [5.41, 5.74) is 0.836. The molecule has 5 rings (SSSR count). The highest BCUT2D eigenvalue weighted by molar-refractivity contribution is 5.56. The van der Waals surface area contributed by atoms with Gasteiger partial charge in [-0.3, -0.25) is 0 Å². The van der Waals surface area contributed by atoms with Crippen molar-refractivity contribution in [3.8, 4) is 0 Å². The van der Waals surface area contributed by atoms with Crippen LogP contribution in [0.1, 0.15) is 0 Å². The van der Waals surface area contributed by atoms with E-state index in [2.05, 4.69) is 48.6 Å². The minimum Gasteiger partial charge on any atom is -0.0798 e. The molecule has 0 nitrogen and oxygen atoms in total. The Morgan fingerprint density at radius 3 is 1.08 bits per heavy atom. The molecule has 0 aliphatic heterocycles. The summed E-state index contributed by atoms with van der Waals surface area (Å²) < 4.78 is 0. The number of hydrogen-bond acceptors (Lipinski definition) is 0. The lowest BCUT2D eigenvalue weighted by Crippen LogP contribution is -2.59. The fourth-order valence-corrected chi connectivity index (χ4v) is 3.31. The molecule has 0 fully saturated rings. The predicted molar refractivity (Wildman–Crippen MR) is 48.4 cm³/mol. The summed E-state index contributed by atoms with van der Waals surface area (Å²) in [5, 5.41) is 0. The molecule has 0 spiro atoms. The van der Waals surface area contributed by atoms with Crippen molar-refractivity contribution in [1.29, 1.82) is 0 Å². The van der Waals surface area contributed by atoms with Gasteiger partial charge in [0.1, 0.15) is 0 Å². The van der Waals surface area contributed by atoms with Crippen LogP contribution in [0.2, 0.25) is 0 Å². The Bertz CT molecular complexity index is 313. The second-order valence-electron chi connectivity index (χ2n) is 4.35. The summed E-state index contributed by atoms with van der Waals surface area (Å²) in [6.07, 6.45) is 19.0. The SMILES string of the molecule is C1=CC2C=CC1C13C=CC21C=C3. The lowest BCUT2D eigenvalue weighted by Gasteiger charge is -2.66. The van der Waals surface area contributed by atoms with Gasteiger partial charge in [-0.05, 0) is 0 Å². The Hall–Kier alpha value is -1.04. The van der Waals surface area contributed by atoms with Gasteiger partial charge >= 0.3 is 0 Å². The molecule has 0 N–H and O–H groups in total. The third-order valence-electron chi connectivity index (χ3n) is 4.17. The lowest BCUT2D eigenvalue weighted by molar-refractivity contribution is 0.0826. The van der Waals surface area contributed by atoms with Crippen LogP contribution in [0.5, 0.6) is 0 Å². The molecule has 0 heterocycles. The fourth-order valence-electron chi connectivity index (χ4n) is 3.31. The third kappa shape index (κ3) is 0.294. The maximum absolute atomic E-state index is 2.39. The molecule has 0 radical (unpaired) electrons. The Balaban J connectivity index is 2.08. The topological polar surface area (TPSA) is 0 Å². The van der Waals surface area contributed by atoms with Crippen molar-refractivity contribution >= 4 is 0 Å². The summed E-state index contributed by atoms with van der Waals surface area (Å²) in [5.74, 6) is 1.30. The van der Waals surface area contributed by atoms with E-state index in [4.69, 9.17) is 0 Å². The van der Waals surface area contributed by atoms with Crippen LogP contribution in [0.3, 0.4) is 0 Å². The smallest absolute Gasteiger partial charge is 0.0294 e. The van der Waals surface area contributed by atoms with Gasteiger partial charge in [-0.15, -0.1) is 0 Å². The van der Waals surface area contributed by atoms with E-state index in [-0.39, 0.29) is 0 Å². The van der Waals surface area contributed by atoms with Gasteiger partial charge in [-0.2, -0.15) is 0 Å². The van der Waals surface area contributed by atoms with Crippen LogP contribution >= 0.6 is 0 Å². The molecule has 5 aliphatic rings. The molecule has 0 heteroatoms. The number of allylic oxidation sites excluding steroid dienone is 8. The van der Waals surface area contributed by atoms with Gasteiger partial charge in [0, 0.05) is 22.7 Å². The van der Waals surface area contributed by atoms with Gasteiger partial charge in [0.25, 0.3) is 0 Å². The zero-order valence-electron chi connectivity index (χ0n) is 6.77. The Morgan fingerprint density at radius 2 is 0.917 bits per heavy atom. The van der Waals surface area contributed by atoms with E-state index < -0.39 is 0 Å². The van der Waals surface area contributed by atoms with Gasteiger partial charge in [0.2, 0.25) is 0 Å². The van der Waals surface area contributed by atoms with Crippen LogP contribution in [0.4, 0.5) is 0 Å². The average Bonchev–Trinajstić information content (AvgIpc) is 2.05. The minimum absolute atomic E-state index is 0.418. The summed E-state index contributed by atoms with van der Waals surface area (Å²) in [6.45, 7) is 0. The van der Waals surface area contributed by atoms with E-state index in [0.717, 1.165) is 0 Å². The van der Waals surface area contributed by atoms with Crippen LogP contribution in [-0.4, -0.2) is 0 Å². The van der Waals surface area contributed by atoms with Crippen molar-refractivity contribution in [2.24, 2.45) is 22.7 Å². The van der Waals surface area contributed by atoms with E-state index in [0.29, 0.717) is 22.7 Å². The zero-order valence-corrected chi connectivity index (χ0v) is 6.77. The fraction of sp³-hybridized carbons (Fsp3) is 0.333. The van der Waals surface area contributed by atoms with E-state index in [1.165, 1.54) is 0 Å². The van der Waals surface area contributed by atoms with Gasteiger partial charge in [0.05, 0.1) is 0 Å². The zero-order chi connectivity index (χ0) is 7.81. The van der Waals surface area contributed by atoms with E-state index in [1.807, 2.05) is 0 Å². The van der Waals surface area contributed by atoms with Crippen molar-refractivity contribution in [2.45, 2.75) is 0 Å². The van der Waals surface area contributed by atoms with Crippen molar-refractivity contribution in [2.75, 3.05) is 0 Å².